The van der Waals surface area contributed by atoms with Gasteiger partial charge in [-0.3, -0.25) is 9.10 Å². The summed E-state index contributed by atoms with van der Waals surface area (Å²) in [5.74, 6) is -0.636. The number of hydrogen-bond donors (Lipinski definition) is 1. The van der Waals surface area contributed by atoms with Crippen LogP contribution in [-0.4, -0.2) is 21.4 Å². The van der Waals surface area contributed by atoms with Crippen molar-refractivity contribution in [3.8, 4) is 0 Å². The fourth-order valence-corrected chi connectivity index (χ4v) is 3.97. The zero-order valence-electron chi connectivity index (χ0n) is 15.5. The number of carbonyl (C=O) groups excluding carboxylic acids is 1. The zero-order valence-corrected chi connectivity index (χ0v) is 17.0. The van der Waals surface area contributed by atoms with Crippen LogP contribution in [0.25, 0.3) is 0 Å². The van der Waals surface area contributed by atoms with Crippen molar-refractivity contribution in [3.63, 3.8) is 0 Å². The van der Waals surface area contributed by atoms with Crippen LogP contribution in [-0.2, 0) is 21.2 Å². The van der Waals surface area contributed by atoms with Crippen LogP contribution in [0.15, 0.2) is 77.7 Å². The van der Waals surface area contributed by atoms with Crippen LogP contribution in [0.3, 0.4) is 0 Å². The van der Waals surface area contributed by atoms with Gasteiger partial charge in [-0.2, -0.15) is 0 Å². The monoisotopic (exact) mass is 432 g/mol. The first-order valence-corrected chi connectivity index (χ1v) is 10.5. The molecule has 0 radical (unpaired) electrons. The number of nitrogens with one attached hydrogen (secondary N) is 1. The molecule has 0 bridgehead atoms. The van der Waals surface area contributed by atoms with E-state index in [2.05, 4.69) is 5.32 Å². The van der Waals surface area contributed by atoms with Gasteiger partial charge >= 0.3 is 0 Å². The first-order valence-electron chi connectivity index (χ1n) is 8.64. The second kappa shape index (κ2) is 8.63. The highest BCUT2D eigenvalue weighted by atomic mass is 35.5. The third-order valence-corrected chi connectivity index (χ3v) is 6.32. The summed E-state index contributed by atoms with van der Waals surface area (Å²) in [7, 11) is -2.27. The molecular formula is C21H18ClFN2O3S. The van der Waals surface area contributed by atoms with Crippen LogP contribution in [0, 0.1) is 5.82 Å². The lowest BCUT2D eigenvalue weighted by atomic mass is 10.1. The molecule has 0 aromatic heterocycles. The molecule has 0 unspecified atom stereocenters. The van der Waals surface area contributed by atoms with Crippen molar-refractivity contribution in [1.82, 2.24) is 0 Å². The van der Waals surface area contributed by atoms with Gasteiger partial charge in [0.1, 0.15) is 5.82 Å². The average molecular weight is 433 g/mol. The smallest absolute Gasteiger partial charge is 0.264 e. The zero-order chi connectivity index (χ0) is 21.0. The Morgan fingerprint density at radius 1 is 0.966 bits per heavy atom. The van der Waals surface area contributed by atoms with E-state index in [4.69, 9.17) is 11.6 Å². The molecule has 8 heteroatoms. The molecule has 3 rings (SSSR count). The Kier molecular flexibility index (Phi) is 6.20. The molecule has 150 valence electrons. The molecule has 0 heterocycles. The summed E-state index contributed by atoms with van der Waals surface area (Å²) in [6, 6.07) is 18.1. The molecule has 1 amide bonds. The molecule has 0 aliphatic rings. The first kappa shape index (κ1) is 20.8. The Morgan fingerprint density at radius 3 is 2.14 bits per heavy atom. The predicted molar refractivity (Wildman–Crippen MR) is 112 cm³/mol. The standard InChI is InChI=1S/C21H18ClFN2O3S/c1-25(29(27,28)20-12-4-16(22)5-13-20)19-10-2-15(3-11-19)14-21(26)24-18-8-6-17(23)7-9-18/h2-13H,14H2,1H3,(H,24,26). The van der Waals surface area contributed by atoms with E-state index in [0.29, 0.717) is 22.0 Å². The minimum Gasteiger partial charge on any atom is -0.326 e. The van der Waals surface area contributed by atoms with Crippen molar-refractivity contribution < 1.29 is 17.6 Å². The summed E-state index contributed by atoms with van der Waals surface area (Å²) in [5, 5.41) is 3.14. The molecule has 0 spiro atoms. The molecule has 1 N–H and O–H groups in total. The van der Waals surface area contributed by atoms with Crippen molar-refractivity contribution in [2.24, 2.45) is 0 Å². The molecule has 0 saturated carbocycles. The maximum atomic E-state index is 12.9. The summed E-state index contributed by atoms with van der Waals surface area (Å²) in [4.78, 5) is 12.3. The van der Waals surface area contributed by atoms with Gasteiger partial charge in [0.15, 0.2) is 0 Å². The van der Waals surface area contributed by atoms with Crippen LogP contribution >= 0.6 is 11.6 Å². The topological polar surface area (TPSA) is 66.5 Å². The lowest BCUT2D eigenvalue weighted by Gasteiger charge is -2.20. The second-order valence-corrected chi connectivity index (χ2v) is 8.73. The maximum absolute atomic E-state index is 12.9. The van der Waals surface area contributed by atoms with E-state index in [1.165, 1.54) is 59.9 Å². The molecule has 0 aliphatic carbocycles. The molecular weight excluding hydrogens is 415 g/mol. The van der Waals surface area contributed by atoms with E-state index in [1.54, 1.807) is 24.3 Å². The predicted octanol–water partition coefficient (Wildman–Crippen LogP) is 4.49. The molecule has 29 heavy (non-hydrogen) atoms. The van der Waals surface area contributed by atoms with E-state index < -0.39 is 10.0 Å². The summed E-state index contributed by atoms with van der Waals surface area (Å²) in [6.45, 7) is 0. The number of sulfonamides is 1. The Balaban J connectivity index is 1.68. The number of halogens is 2. The van der Waals surface area contributed by atoms with Gasteiger partial charge in [-0.05, 0) is 66.2 Å². The Morgan fingerprint density at radius 2 is 1.55 bits per heavy atom. The number of benzene rings is 3. The number of rotatable bonds is 6. The van der Waals surface area contributed by atoms with Gasteiger partial charge in [-0.25, -0.2) is 12.8 Å². The van der Waals surface area contributed by atoms with Crippen LogP contribution < -0.4 is 9.62 Å². The number of hydrogen-bond acceptors (Lipinski definition) is 3. The van der Waals surface area contributed by atoms with E-state index in [-0.39, 0.29) is 23.0 Å². The summed E-state index contributed by atoms with van der Waals surface area (Å²) < 4.78 is 39.5. The molecule has 5 nitrogen and oxygen atoms in total. The van der Waals surface area contributed by atoms with Gasteiger partial charge in [0.2, 0.25) is 5.91 Å². The minimum absolute atomic E-state index is 0.102. The van der Waals surface area contributed by atoms with Crippen molar-refractivity contribution in [3.05, 3.63) is 89.2 Å². The van der Waals surface area contributed by atoms with Crippen LogP contribution in [0.2, 0.25) is 5.02 Å². The highest BCUT2D eigenvalue weighted by Crippen LogP contribution is 2.23. The fraction of sp³-hybridized carbons (Fsp3) is 0.0952. The molecule has 0 saturated heterocycles. The summed E-state index contributed by atoms with van der Waals surface area (Å²) >= 11 is 5.82. The highest BCUT2D eigenvalue weighted by molar-refractivity contribution is 7.92. The Hall–Kier alpha value is -2.90. The van der Waals surface area contributed by atoms with Crippen LogP contribution in [0.1, 0.15) is 5.56 Å². The largest absolute Gasteiger partial charge is 0.326 e. The fourth-order valence-electron chi connectivity index (χ4n) is 2.65. The molecule has 0 atom stereocenters. The van der Waals surface area contributed by atoms with Crippen molar-refractivity contribution in [2.45, 2.75) is 11.3 Å². The SMILES string of the molecule is CN(c1ccc(CC(=O)Nc2ccc(F)cc2)cc1)S(=O)(=O)c1ccc(Cl)cc1. The number of carbonyl (C=O) groups is 1. The Bertz CT molecular complexity index is 1100. The van der Waals surface area contributed by atoms with E-state index >= 15 is 0 Å². The minimum atomic E-state index is -3.72. The Labute approximate surface area is 173 Å². The average Bonchev–Trinajstić information content (AvgIpc) is 2.70. The number of nitrogens with zero attached hydrogens (tertiary/aromatic N) is 1. The molecule has 3 aromatic carbocycles. The van der Waals surface area contributed by atoms with Crippen LogP contribution in [0.5, 0.6) is 0 Å². The molecule has 3 aromatic rings. The number of amides is 1. The van der Waals surface area contributed by atoms with Gasteiger partial charge in [0.05, 0.1) is 17.0 Å². The quantitative estimate of drug-likeness (QED) is 0.624. The van der Waals surface area contributed by atoms with Gasteiger partial charge in [0.25, 0.3) is 10.0 Å². The normalized spacial score (nSPS) is 11.1. The van der Waals surface area contributed by atoms with Crippen molar-refractivity contribution >= 4 is 38.9 Å². The second-order valence-electron chi connectivity index (χ2n) is 6.32. The lowest BCUT2D eigenvalue weighted by Crippen LogP contribution is -2.26. The van der Waals surface area contributed by atoms with E-state index in [0.717, 1.165) is 0 Å². The van der Waals surface area contributed by atoms with E-state index in [9.17, 15) is 17.6 Å². The molecule has 0 fully saturated rings. The highest BCUT2D eigenvalue weighted by Gasteiger charge is 2.21. The maximum Gasteiger partial charge on any atom is 0.264 e. The molecule has 0 aliphatic heterocycles. The van der Waals surface area contributed by atoms with E-state index in [1.807, 2.05) is 0 Å². The van der Waals surface area contributed by atoms with Crippen molar-refractivity contribution in [1.29, 1.82) is 0 Å². The number of anilines is 2. The summed E-state index contributed by atoms with van der Waals surface area (Å²) in [6.07, 6.45) is 0.102. The van der Waals surface area contributed by atoms with Crippen molar-refractivity contribution in [2.75, 3.05) is 16.7 Å². The third kappa shape index (κ3) is 5.13. The first-order chi connectivity index (χ1) is 13.8. The van der Waals surface area contributed by atoms with Gasteiger partial charge < -0.3 is 5.32 Å². The van der Waals surface area contributed by atoms with Gasteiger partial charge in [0, 0.05) is 17.8 Å². The van der Waals surface area contributed by atoms with Crippen LogP contribution in [0.4, 0.5) is 15.8 Å². The summed E-state index contributed by atoms with van der Waals surface area (Å²) in [5.41, 5.74) is 1.68. The lowest BCUT2D eigenvalue weighted by molar-refractivity contribution is -0.115. The van der Waals surface area contributed by atoms with Gasteiger partial charge in [-0.15, -0.1) is 0 Å². The van der Waals surface area contributed by atoms with Gasteiger partial charge in [-0.1, -0.05) is 23.7 Å². The third-order valence-electron chi connectivity index (χ3n) is 4.26.